The zero-order valence-corrected chi connectivity index (χ0v) is 6.19. The van der Waals surface area contributed by atoms with Crippen molar-refractivity contribution < 1.29 is 0 Å². The molecule has 10 heavy (non-hydrogen) atoms. The molecule has 3 heteroatoms. The van der Waals surface area contributed by atoms with Crippen LogP contribution in [0.5, 0.6) is 0 Å². The monoisotopic (exact) mass is 152 g/mol. The van der Waals surface area contributed by atoms with Gasteiger partial charge in [-0.3, -0.25) is 0 Å². The number of hydrogen-bond acceptors (Lipinski definition) is 2. The quantitative estimate of drug-likeness (QED) is 0.464. The molecule has 0 atom stereocenters. The van der Waals surface area contributed by atoms with Gasteiger partial charge >= 0.3 is 0 Å². The predicted octanol–water partition coefficient (Wildman–Crippen LogP) is 0.903. The summed E-state index contributed by atoms with van der Waals surface area (Å²) in [5, 5.41) is 0. The Hall–Kier alpha value is -1.09. The van der Waals surface area contributed by atoms with E-state index in [2.05, 4.69) is 0 Å². The van der Waals surface area contributed by atoms with Crippen LogP contribution in [0, 0.1) is 0 Å². The van der Waals surface area contributed by atoms with E-state index in [9.17, 15) is 0 Å². The number of anilines is 1. The molecule has 1 aromatic carbocycles. The third kappa shape index (κ3) is 1.45. The molecule has 4 N–H and O–H groups in total. The second-order valence-corrected chi connectivity index (χ2v) is 2.43. The molecule has 0 fully saturated rings. The van der Waals surface area contributed by atoms with E-state index < -0.39 is 0 Å². The minimum Gasteiger partial charge on any atom is -0.399 e. The van der Waals surface area contributed by atoms with Crippen LogP contribution in [0.15, 0.2) is 24.3 Å². The highest BCUT2D eigenvalue weighted by molar-refractivity contribution is 7.80. The van der Waals surface area contributed by atoms with E-state index in [1.54, 1.807) is 12.1 Å². The topological polar surface area (TPSA) is 52.0 Å². The van der Waals surface area contributed by atoms with E-state index in [-0.39, 0.29) is 0 Å². The average Bonchev–Trinajstić information content (AvgIpc) is 1.88. The van der Waals surface area contributed by atoms with E-state index >= 15 is 0 Å². The van der Waals surface area contributed by atoms with E-state index in [1.807, 2.05) is 12.1 Å². The standard InChI is InChI=1S/C7H8N2S/c8-6-3-1-2-5(4-6)7(9)10/h1-4H,8H2,(H2,9,10). The lowest BCUT2D eigenvalue weighted by Gasteiger charge is -1.97. The van der Waals surface area contributed by atoms with Crippen LogP contribution in [0.2, 0.25) is 0 Å². The molecule has 2 nitrogen and oxygen atoms in total. The molecule has 0 heterocycles. The molecule has 0 spiro atoms. The first-order valence-electron chi connectivity index (χ1n) is 2.85. The molecule has 1 aromatic rings. The van der Waals surface area contributed by atoms with Crippen molar-refractivity contribution in [3.05, 3.63) is 29.8 Å². The van der Waals surface area contributed by atoms with Gasteiger partial charge in [-0.05, 0) is 12.1 Å². The normalized spacial score (nSPS) is 9.20. The van der Waals surface area contributed by atoms with Gasteiger partial charge in [0, 0.05) is 11.3 Å². The maximum Gasteiger partial charge on any atom is 0.104 e. The largest absolute Gasteiger partial charge is 0.399 e. The maximum absolute atomic E-state index is 5.48. The van der Waals surface area contributed by atoms with Crippen LogP contribution in [-0.2, 0) is 0 Å². The highest BCUT2D eigenvalue weighted by Gasteiger charge is 1.93. The summed E-state index contributed by atoms with van der Waals surface area (Å²) in [6.07, 6.45) is 0. The summed E-state index contributed by atoms with van der Waals surface area (Å²) >= 11 is 4.74. The first-order chi connectivity index (χ1) is 4.70. The molecule has 1 rings (SSSR count). The lowest BCUT2D eigenvalue weighted by molar-refractivity contribution is 1.62. The fraction of sp³-hybridized carbons (Fsp3) is 0. The van der Waals surface area contributed by atoms with Gasteiger partial charge in [0.25, 0.3) is 0 Å². The third-order valence-electron chi connectivity index (χ3n) is 1.17. The first kappa shape index (κ1) is 7.02. The molecule has 0 bridgehead atoms. The Labute approximate surface area is 64.8 Å². The fourth-order valence-corrected chi connectivity index (χ4v) is 0.819. The van der Waals surface area contributed by atoms with E-state index in [0.29, 0.717) is 10.7 Å². The van der Waals surface area contributed by atoms with Crippen molar-refractivity contribution in [3.8, 4) is 0 Å². The van der Waals surface area contributed by atoms with E-state index in [4.69, 9.17) is 23.7 Å². The van der Waals surface area contributed by atoms with Gasteiger partial charge in [0.1, 0.15) is 4.99 Å². The van der Waals surface area contributed by atoms with Gasteiger partial charge in [-0.15, -0.1) is 0 Å². The van der Waals surface area contributed by atoms with Crippen LogP contribution in [0.25, 0.3) is 0 Å². The van der Waals surface area contributed by atoms with E-state index in [0.717, 1.165) is 5.56 Å². The first-order valence-corrected chi connectivity index (χ1v) is 3.26. The molecule has 0 saturated carbocycles. The molecule has 52 valence electrons. The Morgan fingerprint density at radius 1 is 1.40 bits per heavy atom. The van der Waals surface area contributed by atoms with Gasteiger partial charge in [-0.25, -0.2) is 0 Å². The Bertz CT molecular complexity index is 258. The molecular formula is C7H8N2S. The zero-order valence-electron chi connectivity index (χ0n) is 5.37. The van der Waals surface area contributed by atoms with Crippen LogP contribution in [0.1, 0.15) is 5.56 Å². The van der Waals surface area contributed by atoms with E-state index in [1.165, 1.54) is 0 Å². The van der Waals surface area contributed by atoms with Gasteiger partial charge in [-0.2, -0.15) is 0 Å². The molecule has 0 aliphatic rings. The van der Waals surface area contributed by atoms with Crippen molar-refractivity contribution in [2.45, 2.75) is 0 Å². The van der Waals surface area contributed by atoms with Crippen molar-refractivity contribution in [3.63, 3.8) is 0 Å². The van der Waals surface area contributed by atoms with Crippen molar-refractivity contribution in [1.29, 1.82) is 0 Å². The van der Waals surface area contributed by atoms with Crippen LogP contribution < -0.4 is 11.5 Å². The number of nitrogen functional groups attached to an aromatic ring is 1. The smallest absolute Gasteiger partial charge is 0.104 e. The number of hydrogen-bond donors (Lipinski definition) is 2. The molecule has 0 aliphatic carbocycles. The lowest BCUT2D eigenvalue weighted by atomic mass is 10.2. The summed E-state index contributed by atoms with van der Waals surface area (Å²) in [6.45, 7) is 0. The summed E-state index contributed by atoms with van der Waals surface area (Å²) in [6, 6.07) is 7.20. The number of rotatable bonds is 1. The minimum atomic E-state index is 0.382. The Kier molecular flexibility index (Phi) is 1.87. The average molecular weight is 152 g/mol. The molecular weight excluding hydrogens is 144 g/mol. The maximum atomic E-state index is 5.48. The predicted molar refractivity (Wildman–Crippen MR) is 46.7 cm³/mol. The molecule has 0 radical (unpaired) electrons. The second kappa shape index (κ2) is 2.66. The highest BCUT2D eigenvalue weighted by atomic mass is 32.1. The van der Waals surface area contributed by atoms with Crippen molar-refractivity contribution in [2.24, 2.45) is 5.73 Å². The van der Waals surface area contributed by atoms with Crippen LogP contribution in [-0.4, -0.2) is 4.99 Å². The zero-order chi connectivity index (χ0) is 7.56. The molecule has 0 amide bonds. The van der Waals surface area contributed by atoms with Crippen LogP contribution in [0.4, 0.5) is 5.69 Å². The second-order valence-electron chi connectivity index (χ2n) is 1.99. The van der Waals surface area contributed by atoms with Gasteiger partial charge in [-0.1, -0.05) is 24.4 Å². The summed E-state index contributed by atoms with van der Waals surface area (Å²) in [5.74, 6) is 0. The van der Waals surface area contributed by atoms with Crippen LogP contribution >= 0.6 is 12.2 Å². The Morgan fingerprint density at radius 2 is 2.10 bits per heavy atom. The minimum absolute atomic E-state index is 0.382. The van der Waals surface area contributed by atoms with Crippen molar-refractivity contribution in [2.75, 3.05) is 5.73 Å². The van der Waals surface area contributed by atoms with Gasteiger partial charge in [0.05, 0.1) is 0 Å². The molecule has 0 unspecified atom stereocenters. The molecule has 0 saturated heterocycles. The number of thiocarbonyl (C=S) groups is 1. The summed E-state index contributed by atoms with van der Waals surface area (Å²) in [4.78, 5) is 0.382. The van der Waals surface area contributed by atoms with Crippen molar-refractivity contribution in [1.82, 2.24) is 0 Å². The molecule has 0 aromatic heterocycles. The summed E-state index contributed by atoms with van der Waals surface area (Å²) in [5.41, 5.74) is 12.3. The SMILES string of the molecule is NC(=S)c1cccc(N)c1. The lowest BCUT2D eigenvalue weighted by Crippen LogP contribution is -2.09. The highest BCUT2D eigenvalue weighted by Crippen LogP contribution is 2.05. The molecule has 0 aliphatic heterocycles. The van der Waals surface area contributed by atoms with Crippen LogP contribution in [0.3, 0.4) is 0 Å². The Morgan fingerprint density at radius 3 is 2.50 bits per heavy atom. The number of nitrogens with two attached hydrogens (primary N) is 2. The summed E-state index contributed by atoms with van der Waals surface area (Å²) < 4.78 is 0. The van der Waals surface area contributed by atoms with Gasteiger partial charge < -0.3 is 11.5 Å². The van der Waals surface area contributed by atoms with Crippen molar-refractivity contribution >= 4 is 22.9 Å². The number of benzene rings is 1. The van der Waals surface area contributed by atoms with Gasteiger partial charge in [0.15, 0.2) is 0 Å². The summed E-state index contributed by atoms with van der Waals surface area (Å²) in [7, 11) is 0. The van der Waals surface area contributed by atoms with Gasteiger partial charge in [0.2, 0.25) is 0 Å². The Balaban J connectivity index is 3.07. The fourth-order valence-electron chi connectivity index (χ4n) is 0.692. The third-order valence-corrected chi connectivity index (χ3v) is 1.41.